The molecule has 3 unspecified atom stereocenters. The molecule has 0 saturated carbocycles. The maximum atomic E-state index is 5.50. The molecule has 1 fully saturated rings. The molecular formula is C10H9NO2. The number of hydrogen-bond donors (Lipinski definition) is 0. The Kier molecular flexibility index (Phi) is 1.40. The van der Waals surface area contributed by atoms with Crippen LogP contribution in [0, 0.1) is 5.92 Å². The van der Waals surface area contributed by atoms with Crippen LogP contribution in [0.2, 0.25) is 0 Å². The second-order valence-corrected chi connectivity index (χ2v) is 3.22. The van der Waals surface area contributed by atoms with E-state index in [1.165, 1.54) is 0 Å². The fraction of sp³-hybridized carbons (Fsp3) is 0.300. The van der Waals surface area contributed by atoms with Gasteiger partial charge in [0.05, 0.1) is 17.9 Å². The predicted molar refractivity (Wildman–Crippen MR) is 45.6 cm³/mol. The van der Waals surface area contributed by atoms with Crippen LogP contribution in [-0.4, -0.2) is 11.3 Å². The summed E-state index contributed by atoms with van der Waals surface area (Å²) < 4.78 is 10.7. The average molecular weight is 175 g/mol. The first-order chi connectivity index (χ1) is 6.45. The van der Waals surface area contributed by atoms with Crippen LogP contribution in [0.25, 0.3) is 0 Å². The summed E-state index contributed by atoms with van der Waals surface area (Å²) in [5, 5.41) is 0. The highest BCUT2D eigenvalue weighted by atomic mass is 16.7. The lowest BCUT2D eigenvalue weighted by atomic mass is 9.94. The highest BCUT2D eigenvalue weighted by molar-refractivity contribution is 5.15. The molecule has 0 amide bonds. The summed E-state index contributed by atoms with van der Waals surface area (Å²) in [6.45, 7) is 0. The Balaban J connectivity index is 1.85. The molecule has 0 spiro atoms. The number of ether oxygens (including phenoxy) is 2. The Hall–Kier alpha value is -1.35. The molecule has 3 heterocycles. The van der Waals surface area contributed by atoms with E-state index in [0.29, 0.717) is 5.92 Å². The summed E-state index contributed by atoms with van der Waals surface area (Å²) in [6, 6.07) is 5.85. The van der Waals surface area contributed by atoms with E-state index in [1.807, 2.05) is 24.3 Å². The fourth-order valence-corrected chi connectivity index (χ4v) is 1.72. The van der Waals surface area contributed by atoms with Gasteiger partial charge in [-0.3, -0.25) is 4.98 Å². The first-order valence-corrected chi connectivity index (χ1v) is 4.34. The number of fused-ring (bicyclic) bond motifs is 1. The molecule has 0 N–H and O–H groups in total. The molecule has 3 rings (SSSR count). The molecule has 1 aromatic heterocycles. The topological polar surface area (TPSA) is 31.4 Å². The Morgan fingerprint density at radius 3 is 3.08 bits per heavy atom. The van der Waals surface area contributed by atoms with Crippen molar-refractivity contribution in [1.29, 1.82) is 0 Å². The van der Waals surface area contributed by atoms with Crippen molar-refractivity contribution < 1.29 is 9.47 Å². The number of pyridine rings is 1. The maximum Gasteiger partial charge on any atom is 0.208 e. The Bertz CT molecular complexity index is 336. The normalized spacial score (nSPS) is 34.9. The number of hydrogen-bond acceptors (Lipinski definition) is 3. The van der Waals surface area contributed by atoms with E-state index in [1.54, 1.807) is 12.5 Å². The van der Waals surface area contributed by atoms with Gasteiger partial charge in [-0.05, 0) is 18.2 Å². The van der Waals surface area contributed by atoms with Crippen LogP contribution >= 0.6 is 0 Å². The van der Waals surface area contributed by atoms with Crippen LogP contribution in [0.15, 0.2) is 36.7 Å². The van der Waals surface area contributed by atoms with E-state index in [-0.39, 0.29) is 12.4 Å². The summed E-state index contributed by atoms with van der Waals surface area (Å²) in [4.78, 5) is 4.25. The Morgan fingerprint density at radius 2 is 2.31 bits per heavy atom. The van der Waals surface area contributed by atoms with Gasteiger partial charge in [0.1, 0.15) is 6.10 Å². The van der Waals surface area contributed by atoms with Gasteiger partial charge in [0.15, 0.2) is 0 Å². The molecule has 1 aromatic rings. The van der Waals surface area contributed by atoms with E-state index in [4.69, 9.17) is 9.47 Å². The summed E-state index contributed by atoms with van der Waals surface area (Å²) in [5.41, 5.74) is 0.985. The SMILES string of the molecule is C1=CC2C(O1)OC2c1ccccn1. The van der Waals surface area contributed by atoms with E-state index >= 15 is 0 Å². The molecule has 0 aliphatic carbocycles. The summed E-state index contributed by atoms with van der Waals surface area (Å²) in [5.74, 6) is 0.356. The van der Waals surface area contributed by atoms with E-state index in [2.05, 4.69) is 4.98 Å². The monoisotopic (exact) mass is 175 g/mol. The van der Waals surface area contributed by atoms with Gasteiger partial charge in [-0.1, -0.05) is 6.07 Å². The molecule has 1 saturated heterocycles. The molecule has 3 nitrogen and oxygen atoms in total. The minimum absolute atomic E-state index is 0.0630. The zero-order valence-electron chi connectivity index (χ0n) is 6.96. The van der Waals surface area contributed by atoms with Crippen molar-refractivity contribution in [2.75, 3.05) is 0 Å². The van der Waals surface area contributed by atoms with Crippen LogP contribution in [0.1, 0.15) is 11.8 Å². The van der Waals surface area contributed by atoms with Crippen LogP contribution in [0.4, 0.5) is 0 Å². The van der Waals surface area contributed by atoms with Crippen LogP contribution in [0.5, 0.6) is 0 Å². The van der Waals surface area contributed by atoms with Crippen molar-refractivity contribution in [2.45, 2.75) is 12.4 Å². The van der Waals surface area contributed by atoms with Crippen molar-refractivity contribution in [1.82, 2.24) is 4.98 Å². The van der Waals surface area contributed by atoms with Crippen molar-refractivity contribution in [3.05, 3.63) is 42.4 Å². The number of aromatic nitrogens is 1. The highest BCUT2D eigenvalue weighted by Gasteiger charge is 2.46. The third-order valence-electron chi connectivity index (χ3n) is 2.44. The molecule has 66 valence electrons. The summed E-state index contributed by atoms with van der Waals surface area (Å²) in [7, 11) is 0. The summed E-state index contributed by atoms with van der Waals surface area (Å²) >= 11 is 0. The third-order valence-corrected chi connectivity index (χ3v) is 2.44. The quantitative estimate of drug-likeness (QED) is 0.650. The molecule has 0 bridgehead atoms. The second kappa shape index (κ2) is 2.57. The third kappa shape index (κ3) is 0.971. The molecule has 2 aliphatic heterocycles. The van der Waals surface area contributed by atoms with Gasteiger partial charge in [0, 0.05) is 6.20 Å². The average Bonchev–Trinajstić information content (AvgIpc) is 2.50. The number of rotatable bonds is 1. The minimum Gasteiger partial charge on any atom is -0.472 e. The van der Waals surface area contributed by atoms with Crippen molar-refractivity contribution in [2.24, 2.45) is 5.92 Å². The molecule has 3 atom stereocenters. The first-order valence-electron chi connectivity index (χ1n) is 4.34. The van der Waals surface area contributed by atoms with E-state index in [9.17, 15) is 0 Å². The predicted octanol–water partition coefficient (Wildman–Crippen LogP) is 1.64. The van der Waals surface area contributed by atoms with Gasteiger partial charge in [0.25, 0.3) is 0 Å². The lowest BCUT2D eigenvalue weighted by molar-refractivity contribution is -0.259. The van der Waals surface area contributed by atoms with Gasteiger partial charge in [-0.2, -0.15) is 0 Å². The molecule has 0 aromatic carbocycles. The molecule has 13 heavy (non-hydrogen) atoms. The van der Waals surface area contributed by atoms with Gasteiger partial charge < -0.3 is 9.47 Å². The fourth-order valence-electron chi connectivity index (χ4n) is 1.72. The van der Waals surface area contributed by atoms with Crippen molar-refractivity contribution in [3.8, 4) is 0 Å². The van der Waals surface area contributed by atoms with Gasteiger partial charge in [-0.15, -0.1) is 0 Å². The standard InChI is InChI=1S/C10H9NO2/c1-2-5-11-8(3-1)9-7-4-6-12-10(7)13-9/h1-7,9-10H. The van der Waals surface area contributed by atoms with Crippen LogP contribution in [0.3, 0.4) is 0 Å². The lowest BCUT2D eigenvalue weighted by Gasteiger charge is -2.37. The second-order valence-electron chi connectivity index (χ2n) is 3.22. The summed E-state index contributed by atoms with van der Waals surface area (Å²) in [6.07, 6.45) is 5.55. The smallest absolute Gasteiger partial charge is 0.208 e. The molecule has 3 heteroatoms. The van der Waals surface area contributed by atoms with Crippen LogP contribution < -0.4 is 0 Å². The van der Waals surface area contributed by atoms with E-state index < -0.39 is 0 Å². The zero-order chi connectivity index (χ0) is 8.67. The van der Waals surface area contributed by atoms with Crippen molar-refractivity contribution >= 4 is 0 Å². The van der Waals surface area contributed by atoms with Gasteiger partial charge in [0.2, 0.25) is 6.29 Å². The largest absolute Gasteiger partial charge is 0.472 e. The Labute approximate surface area is 76.0 Å². The van der Waals surface area contributed by atoms with Gasteiger partial charge >= 0.3 is 0 Å². The molecular weight excluding hydrogens is 166 g/mol. The number of nitrogens with zero attached hydrogens (tertiary/aromatic N) is 1. The first kappa shape index (κ1) is 7.09. The minimum atomic E-state index is -0.0630. The molecule has 0 radical (unpaired) electrons. The highest BCUT2D eigenvalue weighted by Crippen LogP contribution is 2.44. The van der Waals surface area contributed by atoms with E-state index in [0.717, 1.165) is 5.69 Å². The van der Waals surface area contributed by atoms with Crippen molar-refractivity contribution in [3.63, 3.8) is 0 Å². The molecule has 2 aliphatic rings. The Morgan fingerprint density at radius 1 is 1.31 bits per heavy atom. The van der Waals surface area contributed by atoms with Gasteiger partial charge in [-0.25, -0.2) is 0 Å². The maximum absolute atomic E-state index is 5.50. The lowest BCUT2D eigenvalue weighted by Crippen LogP contribution is -2.40. The van der Waals surface area contributed by atoms with Crippen LogP contribution in [-0.2, 0) is 9.47 Å². The zero-order valence-corrected chi connectivity index (χ0v) is 6.96.